The van der Waals surface area contributed by atoms with Crippen molar-refractivity contribution in [3.05, 3.63) is 35.9 Å². The number of anilines is 1. The van der Waals surface area contributed by atoms with E-state index in [1.807, 2.05) is 24.3 Å². The molecule has 0 bridgehead atoms. The molecule has 2 N–H and O–H groups in total. The molecule has 0 saturated heterocycles. The lowest BCUT2D eigenvalue weighted by Crippen LogP contribution is -2.31. The van der Waals surface area contributed by atoms with Crippen LogP contribution in [0, 0.1) is 0 Å². The molecule has 2 aromatic rings. The molecule has 1 fully saturated rings. The van der Waals surface area contributed by atoms with Gasteiger partial charge in [0.25, 0.3) is 0 Å². The number of benzene rings is 1. The van der Waals surface area contributed by atoms with Gasteiger partial charge in [-0.25, -0.2) is 4.98 Å². The summed E-state index contributed by atoms with van der Waals surface area (Å²) in [5.74, 6) is 0.920. The van der Waals surface area contributed by atoms with Crippen molar-refractivity contribution in [2.45, 2.75) is 31.7 Å². The molecule has 0 radical (unpaired) electrons. The molecule has 1 aliphatic rings. The monoisotopic (exact) mass is 285 g/mol. The van der Waals surface area contributed by atoms with Crippen LogP contribution in [-0.2, 0) is 0 Å². The lowest BCUT2D eigenvalue weighted by Gasteiger charge is -2.27. The Morgan fingerprint density at radius 3 is 2.70 bits per heavy atom. The number of nitrogens with zero attached hydrogens (tertiary/aromatic N) is 2. The lowest BCUT2D eigenvalue weighted by molar-refractivity contribution is 0.647. The van der Waals surface area contributed by atoms with Gasteiger partial charge in [-0.3, -0.25) is 0 Å². The quantitative estimate of drug-likeness (QED) is 0.879. The van der Waals surface area contributed by atoms with E-state index in [0.717, 1.165) is 22.3 Å². The maximum atomic E-state index is 5.91. The smallest absolute Gasteiger partial charge is 0.139 e. The summed E-state index contributed by atoms with van der Waals surface area (Å²) in [5, 5.41) is 1.08. The molecule has 1 saturated carbocycles. The zero-order valence-corrected chi connectivity index (χ0v) is 12.5. The first-order valence-electron chi connectivity index (χ1n) is 7.09. The van der Waals surface area contributed by atoms with Crippen LogP contribution in [0.2, 0.25) is 0 Å². The Morgan fingerprint density at radius 2 is 2.00 bits per heavy atom. The molecule has 4 heteroatoms. The SMILES string of the molecule is CN(c1nc2ccccc2cc1C(N)=S)C1CCCC1. The van der Waals surface area contributed by atoms with Gasteiger partial charge in [0.1, 0.15) is 10.8 Å². The molecule has 20 heavy (non-hydrogen) atoms. The molecule has 0 unspecified atom stereocenters. The molecule has 0 aliphatic heterocycles. The predicted molar refractivity (Wildman–Crippen MR) is 88.3 cm³/mol. The highest BCUT2D eigenvalue weighted by Gasteiger charge is 2.23. The average molecular weight is 285 g/mol. The molecule has 0 amide bonds. The maximum absolute atomic E-state index is 5.91. The second-order valence-electron chi connectivity index (χ2n) is 5.47. The minimum Gasteiger partial charge on any atom is -0.389 e. The van der Waals surface area contributed by atoms with Gasteiger partial charge in [-0.2, -0.15) is 0 Å². The molecule has 3 rings (SSSR count). The van der Waals surface area contributed by atoms with Crippen molar-refractivity contribution in [2.24, 2.45) is 5.73 Å². The zero-order chi connectivity index (χ0) is 14.1. The normalized spacial score (nSPS) is 15.7. The van der Waals surface area contributed by atoms with E-state index in [0.29, 0.717) is 11.0 Å². The Kier molecular flexibility index (Phi) is 3.57. The van der Waals surface area contributed by atoms with E-state index in [9.17, 15) is 0 Å². The van der Waals surface area contributed by atoms with E-state index in [4.69, 9.17) is 22.9 Å². The summed E-state index contributed by atoms with van der Waals surface area (Å²) in [4.78, 5) is 7.48. The van der Waals surface area contributed by atoms with E-state index in [-0.39, 0.29) is 0 Å². The average Bonchev–Trinajstić information content (AvgIpc) is 2.99. The number of hydrogen-bond donors (Lipinski definition) is 1. The summed E-state index contributed by atoms with van der Waals surface area (Å²) in [6.07, 6.45) is 5.04. The van der Waals surface area contributed by atoms with Crippen LogP contribution in [0.1, 0.15) is 31.2 Å². The van der Waals surface area contributed by atoms with Crippen molar-refractivity contribution in [3.63, 3.8) is 0 Å². The first-order chi connectivity index (χ1) is 9.66. The molecule has 1 aromatic carbocycles. The molecule has 104 valence electrons. The van der Waals surface area contributed by atoms with Gasteiger partial charge in [-0.05, 0) is 25.0 Å². The van der Waals surface area contributed by atoms with Gasteiger partial charge in [0.05, 0.1) is 11.1 Å². The number of thiocarbonyl (C=S) groups is 1. The number of fused-ring (bicyclic) bond motifs is 1. The number of hydrogen-bond acceptors (Lipinski definition) is 3. The van der Waals surface area contributed by atoms with Crippen molar-refractivity contribution in [3.8, 4) is 0 Å². The van der Waals surface area contributed by atoms with Crippen molar-refractivity contribution >= 4 is 33.9 Å². The fourth-order valence-electron chi connectivity index (χ4n) is 3.02. The molecular weight excluding hydrogens is 266 g/mol. The molecule has 1 aliphatic carbocycles. The highest BCUT2D eigenvalue weighted by molar-refractivity contribution is 7.80. The van der Waals surface area contributed by atoms with E-state index in [1.165, 1.54) is 25.7 Å². The molecule has 1 aromatic heterocycles. The Bertz CT molecular complexity index is 647. The molecule has 0 atom stereocenters. The number of para-hydroxylation sites is 1. The number of aromatic nitrogens is 1. The van der Waals surface area contributed by atoms with Gasteiger partial charge in [-0.15, -0.1) is 0 Å². The minimum atomic E-state index is 0.420. The highest BCUT2D eigenvalue weighted by atomic mass is 32.1. The van der Waals surface area contributed by atoms with Crippen LogP contribution in [0.4, 0.5) is 5.82 Å². The van der Waals surface area contributed by atoms with Crippen LogP contribution in [0.5, 0.6) is 0 Å². The Hall–Kier alpha value is -1.68. The van der Waals surface area contributed by atoms with Gasteiger partial charge in [0.2, 0.25) is 0 Å². The highest BCUT2D eigenvalue weighted by Crippen LogP contribution is 2.29. The third-order valence-electron chi connectivity index (χ3n) is 4.18. The standard InChI is InChI=1S/C16H19N3S/c1-19(12-7-3-4-8-12)16-13(15(17)20)10-11-6-2-5-9-14(11)18-16/h2,5-6,9-10,12H,3-4,7-8H2,1H3,(H2,17,20). The Balaban J connectivity index is 2.11. The van der Waals surface area contributed by atoms with Crippen LogP contribution >= 0.6 is 12.2 Å². The van der Waals surface area contributed by atoms with Crippen molar-refractivity contribution in [2.75, 3.05) is 11.9 Å². The second kappa shape index (κ2) is 5.37. The largest absolute Gasteiger partial charge is 0.389 e. The molecular formula is C16H19N3S. The predicted octanol–water partition coefficient (Wildman–Crippen LogP) is 3.25. The van der Waals surface area contributed by atoms with Gasteiger partial charge in [0, 0.05) is 18.5 Å². The summed E-state index contributed by atoms with van der Waals surface area (Å²) in [7, 11) is 2.11. The third kappa shape index (κ3) is 2.36. The fraction of sp³-hybridized carbons (Fsp3) is 0.375. The van der Waals surface area contributed by atoms with Gasteiger partial charge in [0.15, 0.2) is 0 Å². The number of rotatable bonds is 3. The van der Waals surface area contributed by atoms with Crippen LogP contribution in [-0.4, -0.2) is 23.1 Å². The zero-order valence-electron chi connectivity index (χ0n) is 11.7. The number of pyridine rings is 1. The topological polar surface area (TPSA) is 42.2 Å². The van der Waals surface area contributed by atoms with Crippen LogP contribution in [0.25, 0.3) is 10.9 Å². The summed E-state index contributed by atoms with van der Waals surface area (Å²) < 4.78 is 0. The summed E-state index contributed by atoms with van der Waals surface area (Å²) in [5.41, 5.74) is 7.78. The second-order valence-corrected chi connectivity index (χ2v) is 5.91. The van der Waals surface area contributed by atoms with E-state index in [2.05, 4.69) is 18.0 Å². The number of nitrogens with two attached hydrogens (primary N) is 1. The van der Waals surface area contributed by atoms with Crippen LogP contribution in [0.15, 0.2) is 30.3 Å². The van der Waals surface area contributed by atoms with Crippen molar-refractivity contribution < 1.29 is 0 Å². The first-order valence-corrected chi connectivity index (χ1v) is 7.50. The van der Waals surface area contributed by atoms with Crippen molar-refractivity contribution in [1.82, 2.24) is 4.98 Å². The van der Waals surface area contributed by atoms with Crippen LogP contribution < -0.4 is 10.6 Å². The summed E-state index contributed by atoms with van der Waals surface area (Å²) >= 11 is 5.22. The van der Waals surface area contributed by atoms with E-state index < -0.39 is 0 Å². The third-order valence-corrected chi connectivity index (χ3v) is 4.40. The lowest BCUT2D eigenvalue weighted by atomic mass is 10.1. The summed E-state index contributed by atoms with van der Waals surface area (Å²) in [6, 6.07) is 10.7. The van der Waals surface area contributed by atoms with Gasteiger partial charge >= 0.3 is 0 Å². The van der Waals surface area contributed by atoms with E-state index >= 15 is 0 Å². The minimum absolute atomic E-state index is 0.420. The molecule has 3 nitrogen and oxygen atoms in total. The fourth-order valence-corrected chi connectivity index (χ4v) is 3.17. The Labute approximate surface area is 124 Å². The molecule has 0 spiro atoms. The summed E-state index contributed by atoms with van der Waals surface area (Å²) in [6.45, 7) is 0. The van der Waals surface area contributed by atoms with E-state index in [1.54, 1.807) is 0 Å². The Morgan fingerprint density at radius 1 is 1.30 bits per heavy atom. The van der Waals surface area contributed by atoms with Crippen LogP contribution in [0.3, 0.4) is 0 Å². The van der Waals surface area contributed by atoms with Crippen molar-refractivity contribution in [1.29, 1.82) is 0 Å². The van der Waals surface area contributed by atoms with Gasteiger partial charge < -0.3 is 10.6 Å². The maximum Gasteiger partial charge on any atom is 0.139 e. The van der Waals surface area contributed by atoms with Gasteiger partial charge in [-0.1, -0.05) is 43.3 Å². The molecule has 1 heterocycles. The first kappa shape index (κ1) is 13.3.